The largest absolute Gasteiger partial charge is 0.336 e. The van der Waals surface area contributed by atoms with Crippen LogP contribution in [0, 0.1) is 6.92 Å². The number of rotatable bonds is 5. The van der Waals surface area contributed by atoms with Crippen molar-refractivity contribution < 1.29 is 4.79 Å². The van der Waals surface area contributed by atoms with E-state index in [1.54, 1.807) is 16.6 Å². The van der Waals surface area contributed by atoms with E-state index in [1.165, 1.54) is 0 Å². The van der Waals surface area contributed by atoms with Crippen LogP contribution in [0.4, 0.5) is 0 Å². The predicted molar refractivity (Wildman–Crippen MR) is 82.8 cm³/mol. The van der Waals surface area contributed by atoms with Gasteiger partial charge in [0.2, 0.25) is 0 Å². The lowest BCUT2D eigenvalue weighted by molar-refractivity contribution is 0.0772. The fraction of sp³-hybridized carbons (Fsp3) is 0.375. The van der Waals surface area contributed by atoms with E-state index in [0.717, 1.165) is 16.8 Å². The maximum absolute atomic E-state index is 12.5. The second-order valence-corrected chi connectivity index (χ2v) is 5.17. The van der Waals surface area contributed by atoms with Gasteiger partial charge < -0.3 is 10.6 Å². The van der Waals surface area contributed by atoms with E-state index in [2.05, 4.69) is 5.10 Å². The molecule has 1 aromatic heterocycles. The number of carbonyl (C=O) groups excluding carboxylic acids is 1. The highest BCUT2D eigenvalue weighted by Gasteiger charge is 2.17. The smallest absolute Gasteiger partial charge is 0.272 e. The average Bonchev–Trinajstić information content (AvgIpc) is 2.87. The van der Waals surface area contributed by atoms with Crippen molar-refractivity contribution in [2.45, 2.75) is 33.5 Å². The van der Waals surface area contributed by atoms with E-state index in [4.69, 9.17) is 5.73 Å². The second-order valence-electron chi connectivity index (χ2n) is 5.17. The van der Waals surface area contributed by atoms with Gasteiger partial charge in [-0.2, -0.15) is 5.10 Å². The average molecular weight is 286 g/mol. The third-order valence-electron chi connectivity index (χ3n) is 3.41. The van der Waals surface area contributed by atoms with Crippen LogP contribution in [-0.4, -0.2) is 27.6 Å². The number of nitrogens with zero attached hydrogens (tertiary/aromatic N) is 3. The van der Waals surface area contributed by atoms with Crippen LogP contribution in [0.3, 0.4) is 0 Å². The molecule has 2 aromatic rings. The molecular formula is C16H22N4O. The van der Waals surface area contributed by atoms with Gasteiger partial charge in [0.1, 0.15) is 5.69 Å². The Morgan fingerprint density at radius 2 is 2.05 bits per heavy atom. The fourth-order valence-electron chi connectivity index (χ4n) is 2.35. The Bertz CT molecular complexity index is 633. The lowest BCUT2D eigenvalue weighted by Gasteiger charge is -2.18. The monoisotopic (exact) mass is 286 g/mol. The minimum atomic E-state index is -0.0180. The number of carbonyl (C=O) groups is 1. The number of nitrogens with two attached hydrogens (primary N) is 1. The summed E-state index contributed by atoms with van der Waals surface area (Å²) in [6, 6.07) is 9.83. The molecule has 0 aliphatic carbocycles. The van der Waals surface area contributed by atoms with Gasteiger partial charge in [0.25, 0.3) is 5.91 Å². The summed E-state index contributed by atoms with van der Waals surface area (Å²) in [6.07, 6.45) is 0. The Balaban J connectivity index is 2.15. The zero-order valence-electron chi connectivity index (χ0n) is 12.8. The van der Waals surface area contributed by atoms with Crippen molar-refractivity contribution in [3.05, 3.63) is 52.8 Å². The van der Waals surface area contributed by atoms with Gasteiger partial charge in [-0.15, -0.1) is 0 Å². The molecule has 5 heteroatoms. The van der Waals surface area contributed by atoms with Crippen LogP contribution in [0.1, 0.15) is 34.2 Å². The quantitative estimate of drug-likeness (QED) is 0.913. The van der Waals surface area contributed by atoms with E-state index in [9.17, 15) is 4.79 Å². The molecular weight excluding hydrogens is 264 g/mol. The Kier molecular flexibility index (Phi) is 4.75. The minimum Gasteiger partial charge on any atom is -0.336 e. The molecule has 0 saturated carbocycles. The van der Waals surface area contributed by atoms with Crippen LogP contribution >= 0.6 is 0 Å². The Morgan fingerprint density at radius 3 is 2.71 bits per heavy atom. The molecule has 1 amide bonds. The first kappa shape index (κ1) is 15.3. The number of hydrogen-bond acceptors (Lipinski definition) is 3. The predicted octanol–water partition coefficient (Wildman–Crippen LogP) is 1.94. The van der Waals surface area contributed by atoms with Crippen molar-refractivity contribution in [1.29, 1.82) is 0 Å². The van der Waals surface area contributed by atoms with Gasteiger partial charge in [0.15, 0.2) is 0 Å². The van der Waals surface area contributed by atoms with Crippen LogP contribution in [0.2, 0.25) is 0 Å². The maximum atomic E-state index is 12.5. The van der Waals surface area contributed by atoms with Gasteiger partial charge in [-0.25, -0.2) is 0 Å². The molecule has 0 saturated heterocycles. The molecule has 112 valence electrons. The van der Waals surface area contributed by atoms with E-state index < -0.39 is 0 Å². The van der Waals surface area contributed by atoms with Crippen molar-refractivity contribution in [3.8, 4) is 0 Å². The molecule has 0 unspecified atom stereocenters. The summed E-state index contributed by atoms with van der Waals surface area (Å²) < 4.78 is 1.74. The summed E-state index contributed by atoms with van der Waals surface area (Å²) >= 11 is 0. The molecule has 1 aromatic carbocycles. The second kappa shape index (κ2) is 6.54. The van der Waals surface area contributed by atoms with E-state index >= 15 is 0 Å². The van der Waals surface area contributed by atoms with Crippen LogP contribution in [0.15, 0.2) is 30.3 Å². The van der Waals surface area contributed by atoms with E-state index in [1.807, 2.05) is 44.2 Å². The molecule has 0 fully saturated rings. The van der Waals surface area contributed by atoms with Crippen molar-refractivity contribution in [2.24, 2.45) is 5.73 Å². The number of aryl methyl sites for hydroxylation is 2. The summed E-state index contributed by atoms with van der Waals surface area (Å²) in [5.41, 5.74) is 9.29. The number of hydrogen-bond donors (Lipinski definition) is 1. The summed E-state index contributed by atoms with van der Waals surface area (Å²) in [5, 5.41) is 4.32. The highest BCUT2D eigenvalue weighted by atomic mass is 16.2. The van der Waals surface area contributed by atoms with Gasteiger partial charge in [0.05, 0.1) is 5.69 Å². The molecule has 2 N–H and O–H groups in total. The van der Waals surface area contributed by atoms with E-state index in [0.29, 0.717) is 25.3 Å². The standard InChI is InChI=1S/C16H22N4O/c1-4-20-15(8-12(2)18-20)16(21)19(3)11-14-7-5-6-13(9-14)10-17/h5-9H,4,10-11,17H2,1-3H3. The summed E-state index contributed by atoms with van der Waals surface area (Å²) in [6.45, 7) is 5.63. The number of benzene rings is 1. The molecule has 2 rings (SSSR count). The van der Waals surface area contributed by atoms with Crippen molar-refractivity contribution in [1.82, 2.24) is 14.7 Å². The van der Waals surface area contributed by atoms with Crippen LogP contribution in [0.5, 0.6) is 0 Å². The molecule has 1 heterocycles. The number of aromatic nitrogens is 2. The van der Waals surface area contributed by atoms with Gasteiger partial charge >= 0.3 is 0 Å². The molecule has 0 spiro atoms. The first-order chi connectivity index (χ1) is 10.0. The summed E-state index contributed by atoms with van der Waals surface area (Å²) in [7, 11) is 1.81. The fourth-order valence-corrected chi connectivity index (χ4v) is 2.35. The van der Waals surface area contributed by atoms with Crippen molar-refractivity contribution in [3.63, 3.8) is 0 Å². The minimum absolute atomic E-state index is 0.0180. The molecule has 21 heavy (non-hydrogen) atoms. The normalized spacial score (nSPS) is 10.7. The molecule has 0 aliphatic heterocycles. The molecule has 5 nitrogen and oxygen atoms in total. The van der Waals surface area contributed by atoms with Gasteiger partial charge in [-0.1, -0.05) is 24.3 Å². The first-order valence-corrected chi connectivity index (χ1v) is 7.13. The Labute approximate surface area is 125 Å². The van der Waals surface area contributed by atoms with E-state index in [-0.39, 0.29) is 5.91 Å². The Morgan fingerprint density at radius 1 is 1.33 bits per heavy atom. The van der Waals surface area contributed by atoms with Crippen molar-refractivity contribution >= 4 is 5.91 Å². The molecule has 0 atom stereocenters. The Hall–Kier alpha value is -2.14. The summed E-state index contributed by atoms with van der Waals surface area (Å²) in [4.78, 5) is 14.2. The zero-order valence-corrected chi connectivity index (χ0v) is 12.8. The van der Waals surface area contributed by atoms with Crippen LogP contribution < -0.4 is 5.73 Å². The lowest BCUT2D eigenvalue weighted by atomic mass is 10.1. The highest BCUT2D eigenvalue weighted by Crippen LogP contribution is 2.11. The topological polar surface area (TPSA) is 64.2 Å². The third-order valence-corrected chi connectivity index (χ3v) is 3.41. The zero-order chi connectivity index (χ0) is 15.4. The maximum Gasteiger partial charge on any atom is 0.272 e. The lowest BCUT2D eigenvalue weighted by Crippen LogP contribution is -2.28. The van der Waals surface area contributed by atoms with Crippen LogP contribution in [0.25, 0.3) is 0 Å². The first-order valence-electron chi connectivity index (χ1n) is 7.13. The highest BCUT2D eigenvalue weighted by molar-refractivity contribution is 5.92. The molecule has 0 aliphatic rings. The number of amides is 1. The SMILES string of the molecule is CCn1nc(C)cc1C(=O)N(C)Cc1cccc(CN)c1. The third kappa shape index (κ3) is 3.49. The summed E-state index contributed by atoms with van der Waals surface area (Å²) in [5.74, 6) is -0.0180. The van der Waals surface area contributed by atoms with Gasteiger partial charge in [-0.05, 0) is 31.0 Å². The molecule has 0 radical (unpaired) electrons. The van der Waals surface area contributed by atoms with Gasteiger partial charge in [-0.3, -0.25) is 9.48 Å². The molecule has 0 bridgehead atoms. The van der Waals surface area contributed by atoms with Crippen LogP contribution in [-0.2, 0) is 19.6 Å². The van der Waals surface area contributed by atoms with Crippen molar-refractivity contribution in [2.75, 3.05) is 7.05 Å². The van der Waals surface area contributed by atoms with Gasteiger partial charge in [0, 0.05) is 26.7 Å².